The second-order valence-electron chi connectivity index (χ2n) is 9.14. The number of nitrogens with zero attached hydrogens (tertiary/aromatic N) is 3. The normalized spacial score (nSPS) is 16.3. The maximum absolute atomic E-state index is 13.3. The molecular formula is C24H36N4O4S. The van der Waals surface area contributed by atoms with Crippen molar-refractivity contribution in [2.75, 3.05) is 19.7 Å². The molecule has 0 unspecified atom stereocenters. The highest BCUT2D eigenvalue weighted by atomic mass is 32.2. The smallest absolute Gasteiger partial charge is 0.317 e. The maximum atomic E-state index is 13.3. The highest BCUT2D eigenvalue weighted by Crippen LogP contribution is 2.22. The quantitative estimate of drug-likeness (QED) is 0.566. The first-order valence-corrected chi connectivity index (χ1v) is 13.3. The van der Waals surface area contributed by atoms with Crippen molar-refractivity contribution in [2.24, 2.45) is 5.92 Å². The van der Waals surface area contributed by atoms with E-state index in [0.29, 0.717) is 31.9 Å². The van der Waals surface area contributed by atoms with Gasteiger partial charge in [0.15, 0.2) is 0 Å². The molecule has 1 fully saturated rings. The second kappa shape index (κ2) is 11.2. The van der Waals surface area contributed by atoms with Crippen molar-refractivity contribution >= 4 is 15.9 Å². The fourth-order valence-corrected chi connectivity index (χ4v) is 5.61. The molecule has 2 amide bonds. The van der Waals surface area contributed by atoms with Crippen molar-refractivity contribution in [3.8, 4) is 0 Å². The largest absolute Gasteiger partial charge is 0.376 e. The average Bonchev–Trinajstić information content (AvgIpc) is 3.37. The third-order valence-electron chi connectivity index (χ3n) is 5.58. The number of sulfone groups is 1. The van der Waals surface area contributed by atoms with Crippen LogP contribution in [0.25, 0.3) is 0 Å². The van der Waals surface area contributed by atoms with Gasteiger partial charge in [-0.05, 0) is 38.2 Å². The van der Waals surface area contributed by atoms with E-state index in [1.54, 1.807) is 15.7 Å². The molecule has 9 heteroatoms. The Balaban J connectivity index is 1.90. The molecule has 0 spiro atoms. The Bertz CT molecular complexity index is 1040. The SMILES string of the molecule is CCNC(=O)N(Cc1cnc(S(=O)(=O)Cc2cccc(C)c2)n1CC(C)C)C[C@@H]1CCCO1. The van der Waals surface area contributed by atoms with Crippen LogP contribution in [0.5, 0.6) is 0 Å². The molecule has 1 aliphatic rings. The third kappa shape index (κ3) is 6.80. The van der Waals surface area contributed by atoms with E-state index in [0.717, 1.165) is 24.0 Å². The lowest BCUT2D eigenvalue weighted by Crippen LogP contribution is -2.43. The molecule has 3 rings (SSSR count). The number of aromatic nitrogens is 2. The van der Waals surface area contributed by atoms with Crippen molar-refractivity contribution in [3.63, 3.8) is 0 Å². The van der Waals surface area contributed by atoms with Gasteiger partial charge in [0.2, 0.25) is 15.0 Å². The van der Waals surface area contributed by atoms with E-state index in [-0.39, 0.29) is 35.5 Å². The van der Waals surface area contributed by atoms with Crippen molar-refractivity contribution in [1.82, 2.24) is 19.8 Å². The van der Waals surface area contributed by atoms with Crippen LogP contribution in [0.15, 0.2) is 35.6 Å². The predicted molar refractivity (Wildman–Crippen MR) is 128 cm³/mol. The molecule has 0 saturated carbocycles. The molecule has 0 aliphatic carbocycles. The molecule has 8 nitrogen and oxygen atoms in total. The number of urea groups is 1. The minimum absolute atomic E-state index is 0.00130. The summed E-state index contributed by atoms with van der Waals surface area (Å²) in [5.74, 6) is 0.0982. The van der Waals surface area contributed by atoms with Crippen molar-refractivity contribution < 1.29 is 17.9 Å². The van der Waals surface area contributed by atoms with Gasteiger partial charge in [-0.2, -0.15) is 0 Å². The first kappa shape index (κ1) is 25.2. The van der Waals surface area contributed by atoms with Crippen LogP contribution < -0.4 is 5.32 Å². The predicted octanol–water partition coefficient (Wildman–Crippen LogP) is 3.53. The zero-order chi connectivity index (χ0) is 24.0. The molecule has 2 heterocycles. The van der Waals surface area contributed by atoms with E-state index in [4.69, 9.17) is 4.74 Å². The van der Waals surface area contributed by atoms with Gasteiger partial charge in [-0.3, -0.25) is 0 Å². The zero-order valence-corrected chi connectivity index (χ0v) is 20.9. The van der Waals surface area contributed by atoms with Gasteiger partial charge in [-0.1, -0.05) is 43.7 Å². The van der Waals surface area contributed by atoms with Crippen LogP contribution in [-0.2, 0) is 33.4 Å². The highest BCUT2D eigenvalue weighted by molar-refractivity contribution is 7.90. The number of imidazole rings is 1. The van der Waals surface area contributed by atoms with Crippen LogP contribution in [0.4, 0.5) is 4.79 Å². The molecule has 0 radical (unpaired) electrons. The molecule has 1 aliphatic heterocycles. The fraction of sp³-hybridized carbons (Fsp3) is 0.583. The third-order valence-corrected chi connectivity index (χ3v) is 7.18. The van der Waals surface area contributed by atoms with E-state index in [9.17, 15) is 13.2 Å². The van der Waals surface area contributed by atoms with Gasteiger partial charge in [0.05, 0.1) is 30.3 Å². The van der Waals surface area contributed by atoms with E-state index in [1.807, 2.05) is 52.0 Å². The molecule has 182 valence electrons. The van der Waals surface area contributed by atoms with Gasteiger partial charge in [0, 0.05) is 26.2 Å². The summed E-state index contributed by atoms with van der Waals surface area (Å²) < 4.78 is 34.2. The first-order chi connectivity index (χ1) is 15.7. The van der Waals surface area contributed by atoms with Crippen LogP contribution in [-0.4, -0.2) is 54.7 Å². The summed E-state index contributed by atoms with van der Waals surface area (Å²) in [6.45, 7) is 10.3. The standard InChI is InChI=1S/C24H36N4O4S/c1-5-25-23(29)27(16-22-10-7-11-32-22)15-21-13-26-24(28(21)14-18(2)3)33(30,31)17-20-9-6-8-19(4)12-20/h6,8-9,12-13,18,22H,5,7,10-11,14-17H2,1-4H3,(H,25,29)/t22-/m0/s1. The van der Waals surface area contributed by atoms with E-state index >= 15 is 0 Å². The summed E-state index contributed by atoms with van der Waals surface area (Å²) in [6.07, 6.45) is 3.49. The van der Waals surface area contributed by atoms with E-state index < -0.39 is 9.84 Å². The number of aryl methyl sites for hydroxylation is 1. The number of amides is 2. The van der Waals surface area contributed by atoms with E-state index in [1.165, 1.54) is 0 Å². The number of carbonyl (C=O) groups excluding carboxylic acids is 1. The summed E-state index contributed by atoms with van der Waals surface area (Å²) >= 11 is 0. The monoisotopic (exact) mass is 476 g/mol. The molecule has 1 aromatic heterocycles. The summed E-state index contributed by atoms with van der Waals surface area (Å²) in [5.41, 5.74) is 2.45. The maximum Gasteiger partial charge on any atom is 0.317 e. The lowest BCUT2D eigenvalue weighted by atomic mass is 10.2. The Kier molecular flexibility index (Phi) is 8.53. The van der Waals surface area contributed by atoms with Crippen molar-refractivity contribution in [3.05, 3.63) is 47.3 Å². The molecule has 0 bridgehead atoms. The van der Waals surface area contributed by atoms with Crippen LogP contribution in [0.1, 0.15) is 50.4 Å². The molecule has 1 atom stereocenters. The lowest BCUT2D eigenvalue weighted by Gasteiger charge is -2.26. The number of rotatable bonds is 10. The molecule has 33 heavy (non-hydrogen) atoms. The zero-order valence-electron chi connectivity index (χ0n) is 20.1. The molecule has 2 aromatic rings. The molecular weight excluding hydrogens is 440 g/mol. The van der Waals surface area contributed by atoms with Crippen LogP contribution >= 0.6 is 0 Å². The minimum Gasteiger partial charge on any atom is -0.376 e. The Labute approximate surface area is 197 Å². The summed E-state index contributed by atoms with van der Waals surface area (Å²) in [4.78, 5) is 18.8. The van der Waals surface area contributed by atoms with Crippen LogP contribution in [0.2, 0.25) is 0 Å². The topological polar surface area (TPSA) is 93.5 Å². The summed E-state index contributed by atoms with van der Waals surface area (Å²) in [7, 11) is -3.67. The molecule has 1 N–H and O–H groups in total. The first-order valence-electron chi connectivity index (χ1n) is 11.7. The van der Waals surface area contributed by atoms with Crippen LogP contribution in [0, 0.1) is 12.8 Å². The Hall–Kier alpha value is -2.39. The summed E-state index contributed by atoms with van der Waals surface area (Å²) in [5, 5.41) is 2.91. The molecule has 1 aromatic carbocycles. The van der Waals surface area contributed by atoms with Gasteiger partial charge in [0.1, 0.15) is 0 Å². The number of carbonyl (C=O) groups is 1. The van der Waals surface area contributed by atoms with Gasteiger partial charge in [-0.15, -0.1) is 0 Å². The van der Waals surface area contributed by atoms with Crippen molar-refractivity contribution in [2.45, 2.75) is 70.6 Å². The number of hydrogen-bond acceptors (Lipinski definition) is 5. The Morgan fingerprint density at radius 3 is 2.79 bits per heavy atom. The number of hydrogen-bond donors (Lipinski definition) is 1. The van der Waals surface area contributed by atoms with Crippen LogP contribution in [0.3, 0.4) is 0 Å². The van der Waals surface area contributed by atoms with Crippen molar-refractivity contribution in [1.29, 1.82) is 0 Å². The van der Waals surface area contributed by atoms with Gasteiger partial charge < -0.3 is 19.5 Å². The number of ether oxygens (including phenoxy) is 1. The van der Waals surface area contributed by atoms with Gasteiger partial charge in [-0.25, -0.2) is 18.2 Å². The number of benzene rings is 1. The molecule has 1 saturated heterocycles. The minimum atomic E-state index is -3.67. The van der Waals surface area contributed by atoms with E-state index in [2.05, 4.69) is 10.3 Å². The Morgan fingerprint density at radius 2 is 2.15 bits per heavy atom. The number of nitrogens with one attached hydrogen (secondary N) is 1. The fourth-order valence-electron chi connectivity index (χ4n) is 4.12. The lowest BCUT2D eigenvalue weighted by molar-refractivity contribution is 0.0789. The Morgan fingerprint density at radius 1 is 1.36 bits per heavy atom. The van der Waals surface area contributed by atoms with Gasteiger partial charge in [0.25, 0.3) is 0 Å². The second-order valence-corrected chi connectivity index (χ2v) is 11.0. The highest BCUT2D eigenvalue weighted by Gasteiger charge is 2.28. The average molecular weight is 477 g/mol. The van der Waals surface area contributed by atoms with Gasteiger partial charge >= 0.3 is 6.03 Å². The summed E-state index contributed by atoms with van der Waals surface area (Å²) in [6, 6.07) is 7.32.